The summed E-state index contributed by atoms with van der Waals surface area (Å²) in [6.45, 7) is 3.70. The molecule has 0 spiro atoms. The van der Waals surface area contributed by atoms with Gasteiger partial charge in [0.15, 0.2) is 0 Å². The maximum absolute atomic E-state index is 13.1. The van der Waals surface area contributed by atoms with E-state index in [-0.39, 0.29) is 11.6 Å². The molecule has 0 aliphatic heterocycles. The molecule has 2 atom stereocenters. The van der Waals surface area contributed by atoms with E-state index < -0.39 is 23.6 Å². The molecule has 0 fully saturated rings. The highest BCUT2D eigenvalue weighted by atomic mass is 19.4. The van der Waals surface area contributed by atoms with E-state index in [1.165, 1.54) is 6.07 Å². The van der Waals surface area contributed by atoms with Crippen LogP contribution in [0.25, 0.3) is 0 Å². The Bertz CT molecular complexity index is 477. The molecule has 19 heavy (non-hydrogen) atoms. The Labute approximate surface area is 109 Å². The van der Waals surface area contributed by atoms with Gasteiger partial charge in [0.25, 0.3) is 0 Å². The maximum Gasteiger partial charge on any atom is 0.419 e. The van der Waals surface area contributed by atoms with Crippen molar-refractivity contribution in [2.45, 2.75) is 38.5 Å². The standard InChI is InChI=1S/C13H14F4N2/c1-3-8(2)19-12(7-18)9-4-5-11(14)10(6-9)13(15,16)17/h4-6,8,12,19H,3H2,1-2H3. The second-order valence-electron chi connectivity index (χ2n) is 4.28. The van der Waals surface area contributed by atoms with Gasteiger partial charge in [0, 0.05) is 6.04 Å². The van der Waals surface area contributed by atoms with Crippen LogP contribution in [0.3, 0.4) is 0 Å². The van der Waals surface area contributed by atoms with Crippen LogP contribution in [-0.2, 0) is 6.18 Å². The van der Waals surface area contributed by atoms with Gasteiger partial charge in [0.2, 0.25) is 0 Å². The predicted octanol–water partition coefficient (Wildman–Crippen LogP) is 3.80. The van der Waals surface area contributed by atoms with Crippen molar-refractivity contribution in [1.29, 1.82) is 5.26 Å². The van der Waals surface area contributed by atoms with E-state index in [0.717, 1.165) is 12.5 Å². The number of rotatable bonds is 4. The molecular formula is C13H14F4N2. The summed E-state index contributed by atoms with van der Waals surface area (Å²) in [5.41, 5.74) is -1.24. The lowest BCUT2D eigenvalue weighted by Crippen LogP contribution is -2.29. The van der Waals surface area contributed by atoms with E-state index in [1.807, 2.05) is 19.9 Å². The summed E-state index contributed by atoms with van der Waals surface area (Å²) in [5.74, 6) is -1.34. The molecular weight excluding hydrogens is 260 g/mol. The van der Waals surface area contributed by atoms with Gasteiger partial charge in [-0.05, 0) is 31.0 Å². The minimum Gasteiger partial charge on any atom is -0.296 e. The zero-order valence-corrected chi connectivity index (χ0v) is 10.6. The largest absolute Gasteiger partial charge is 0.419 e. The third kappa shape index (κ3) is 3.93. The highest BCUT2D eigenvalue weighted by Crippen LogP contribution is 2.33. The molecule has 6 heteroatoms. The lowest BCUT2D eigenvalue weighted by Gasteiger charge is -2.18. The number of benzene rings is 1. The molecule has 1 aromatic rings. The topological polar surface area (TPSA) is 35.8 Å². The van der Waals surface area contributed by atoms with Crippen molar-refractivity contribution in [3.8, 4) is 6.07 Å². The first-order valence-corrected chi connectivity index (χ1v) is 5.81. The number of nitriles is 1. The Morgan fingerprint density at radius 1 is 1.37 bits per heavy atom. The first-order valence-electron chi connectivity index (χ1n) is 5.81. The summed E-state index contributed by atoms with van der Waals surface area (Å²) < 4.78 is 50.9. The Hall–Kier alpha value is -1.61. The van der Waals surface area contributed by atoms with Crippen molar-refractivity contribution in [3.05, 3.63) is 35.1 Å². The van der Waals surface area contributed by atoms with Crippen LogP contribution in [0.2, 0.25) is 0 Å². The van der Waals surface area contributed by atoms with Crippen molar-refractivity contribution in [2.75, 3.05) is 0 Å². The third-order valence-electron chi connectivity index (χ3n) is 2.82. The van der Waals surface area contributed by atoms with Gasteiger partial charge >= 0.3 is 6.18 Å². The highest BCUT2D eigenvalue weighted by molar-refractivity contribution is 5.32. The lowest BCUT2D eigenvalue weighted by atomic mass is 10.0. The number of halogens is 4. The van der Waals surface area contributed by atoms with Gasteiger partial charge in [-0.2, -0.15) is 18.4 Å². The van der Waals surface area contributed by atoms with Crippen LogP contribution in [0.4, 0.5) is 17.6 Å². The van der Waals surface area contributed by atoms with Gasteiger partial charge in [-0.25, -0.2) is 4.39 Å². The van der Waals surface area contributed by atoms with E-state index >= 15 is 0 Å². The summed E-state index contributed by atoms with van der Waals surface area (Å²) in [5, 5.41) is 11.9. The normalized spacial score (nSPS) is 14.8. The summed E-state index contributed by atoms with van der Waals surface area (Å²) >= 11 is 0. The fraction of sp³-hybridized carbons (Fsp3) is 0.462. The fourth-order valence-electron chi connectivity index (χ4n) is 1.55. The van der Waals surface area contributed by atoms with Crippen LogP contribution in [0.1, 0.15) is 37.4 Å². The summed E-state index contributed by atoms with van der Waals surface area (Å²) in [6.07, 6.45) is -4.04. The molecule has 2 nitrogen and oxygen atoms in total. The van der Waals surface area contributed by atoms with Gasteiger partial charge in [0.05, 0.1) is 11.6 Å². The number of hydrogen-bond donors (Lipinski definition) is 1. The number of nitrogens with zero attached hydrogens (tertiary/aromatic N) is 1. The quantitative estimate of drug-likeness (QED) is 0.848. The molecule has 0 bridgehead atoms. The number of alkyl halides is 3. The molecule has 0 heterocycles. The van der Waals surface area contributed by atoms with Gasteiger partial charge in [0.1, 0.15) is 11.9 Å². The first kappa shape index (κ1) is 15.4. The average Bonchev–Trinajstić information content (AvgIpc) is 2.35. The minimum absolute atomic E-state index is 0.0240. The Morgan fingerprint density at radius 3 is 2.47 bits per heavy atom. The van der Waals surface area contributed by atoms with E-state index in [0.29, 0.717) is 6.07 Å². The molecule has 0 aliphatic carbocycles. The van der Waals surface area contributed by atoms with E-state index in [9.17, 15) is 17.6 Å². The maximum atomic E-state index is 13.1. The van der Waals surface area contributed by atoms with Crippen molar-refractivity contribution >= 4 is 0 Å². The van der Waals surface area contributed by atoms with Gasteiger partial charge in [-0.15, -0.1) is 0 Å². The van der Waals surface area contributed by atoms with Crippen molar-refractivity contribution in [3.63, 3.8) is 0 Å². The molecule has 1 rings (SSSR count). The van der Waals surface area contributed by atoms with Crippen LogP contribution in [-0.4, -0.2) is 6.04 Å². The molecule has 104 valence electrons. The van der Waals surface area contributed by atoms with E-state index in [4.69, 9.17) is 5.26 Å². The second-order valence-corrected chi connectivity index (χ2v) is 4.28. The molecule has 2 unspecified atom stereocenters. The second kappa shape index (κ2) is 6.02. The molecule has 0 aliphatic rings. The zero-order chi connectivity index (χ0) is 14.6. The van der Waals surface area contributed by atoms with Crippen LogP contribution >= 0.6 is 0 Å². The molecule has 0 aromatic heterocycles. The van der Waals surface area contributed by atoms with Crippen molar-refractivity contribution < 1.29 is 17.6 Å². The SMILES string of the molecule is CCC(C)NC(C#N)c1ccc(F)c(C(F)(F)F)c1. The van der Waals surface area contributed by atoms with Crippen LogP contribution in [0, 0.1) is 17.1 Å². The molecule has 0 saturated heterocycles. The van der Waals surface area contributed by atoms with Crippen molar-refractivity contribution in [2.24, 2.45) is 0 Å². The first-order chi connectivity index (χ1) is 8.79. The third-order valence-corrected chi connectivity index (χ3v) is 2.82. The summed E-state index contributed by atoms with van der Waals surface area (Å²) in [7, 11) is 0. The molecule has 0 saturated carbocycles. The average molecular weight is 274 g/mol. The van der Waals surface area contributed by atoms with Crippen LogP contribution in [0.5, 0.6) is 0 Å². The Balaban J connectivity index is 3.10. The van der Waals surface area contributed by atoms with Gasteiger partial charge < -0.3 is 0 Å². The summed E-state index contributed by atoms with van der Waals surface area (Å²) in [6, 6.07) is 3.57. The monoisotopic (exact) mass is 274 g/mol. The van der Waals surface area contributed by atoms with Crippen LogP contribution in [0.15, 0.2) is 18.2 Å². The Morgan fingerprint density at radius 2 is 2.00 bits per heavy atom. The Kier molecular flexibility index (Phi) is 4.90. The smallest absolute Gasteiger partial charge is 0.296 e. The molecule has 1 N–H and O–H groups in total. The number of hydrogen-bond acceptors (Lipinski definition) is 2. The van der Waals surface area contributed by atoms with Gasteiger partial charge in [-0.1, -0.05) is 13.0 Å². The molecule has 1 aromatic carbocycles. The summed E-state index contributed by atoms with van der Waals surface area (Å²) in [4.78, 5) is 0. The fourth-order valence-corrected chi connectivity index (χ4v) is 1.55. The molecule has 0 radical (unpaired) electrons. The van der Waals surface area contributed by atoms with Gasteiger partial charge in [-0.3, -0.25) is 5.32 Å². The van der Waals surface area contributed by atoms with E-state index in [2.05, 4.69) is 5.32 Å². The number of nitrogens with one attached hydrogen (secondary N) is 1. The van der Waals surface area contributed by atoms with E-state index in [1.54, 1.807) is 0 Å². The van der Waals surface area contributed by atoms with Crippen LogP contribution < -0.4 is 5.32 Å². The lowest BCUT2D eigenvalue weighted by molar-refractivity contribution is -0.140. The highest BCUT2D eigenvalue weighted by Gasteiger charge is 2.34. The minimum atomic E-state index is -4.77. The molecule has 0 amide bonds. The van der Waals surface area contributed by atoms with Crippen molar-refractivity contribution in [1.82, 2.24) is 5.32 Å². The predicted molar refractivity (Wildman–Crippen MR) is 62.6 cm³/mol. The zero-order valence-electron chi connectivity index (χ0n) is 10.6.